The third kappa shape index (κ3) is 9.38. The van der Waals surface area contributed by atoms with Gasteiger partial charge in [-0.15, -0.1) is 0 Å². The van der Waals surface area contributed by atoms with Gasteiger partial charge in [0.15, 0.2) is 0 Å². The Morgan fingerprint density at radius 2 is 1.81 bits per heavy atom. The predicted octanol–water partition coefficient (Wildman–Crippen LogP) is 6.95. The summed E-state index contributed by atoms with van der Waals surface area (Å²) in [4.78, 5) is 14.1. The van der Waals surface area contributed by atoms with Gasteiger partial charge in [0.05, 0.1) is 6.54 Å². The van der Waals surface area contributed by atoms with Crippen molar-refractivity contribution in [3.63, 3.8) is 0 Å². The van der Waals surface area contributed by atoms with E-state index < -0.39 is 11.7 Å². The molecule has 2 N–H and O–H groups in total. The predicted molar refractivity (Wildman–Crippen MR) is 148 cm³/mol. The lowest BCUT2D eigenvalue weighted by atomic mass is 9.92. The summed E-state index contributed by atoms with van der Waals surface area (Å²) in [6, 6.07) is 12.2. The Hall–Kier alpha value is -2.73. The molecule has 0 spiro atoms. The van der Waals surface area contributed by atoms with E-state index in [4.69, 9.17) is 9.47 Å². The van der Waals surface area contributed by atoms with Crippen molar-refractivity contribution in [2.45, 2.75) is 78.9 Å². The Balaban J connectivity index is 2.29. The van der Waals surface area contributed by atoms with Crippen molar-refractivity contribution < 1.29 is 19.4 Å². The molecule has 2 aromatic rings. The maximum absolute atomic E-state index is 12.0. The fourth-order valence-electron chi connectivity index (χ4n) is 4.05. The molecule has 6 heteroatoms. The van der Waals surface area contributed by atoms with Crippen molar-refractivity contribution in [1.82, 2.24) is 10.2 Å². The number of phenolic OH excluding ortho intramolecular Hbond substituents is 1. The van der Waals surface area contributed by atoms with Gasteiger partial charge in [0.2, 0.25) is 0 Å². The normalized spacial score (nSPS) is 13.4. The number of alkyl carbamates (subject to hydrolysis) is 1. The van der Waals surface area contributed by atoms with Gasteiger partial charge in [-0.25, -0.2) is 4.79 Å². The van der Waals surface area contributed by atoms with Crippen molar-refractivity contribution in [3.8, 4) is 22.6 Å². The first kappa shape index (κ1) is 29.5. The highest BCUT2D eigenvalue weighted by molar-refractivity contribution is 5.77. The molecule has 2 atom stereocenters. The molecule has 36 heavy (non-hydrogen) atoms. The number of nitrogens with zero attached hydrogens (tertiary/aromatic N) is 1. The van der Waals surface area contributed by atoms with Crippen molar-refractivity contribution in [3.05, 3.63) is 47.5 Å². The van der Waals surface area contributed by atoms with Gasteiger partial charge in [0.1, 0.15) is 23.7 Å². The van der Waals surface area contributed by atoms with Crippen LogP contribution in [-0.4, -0.2) is 48.9 Å². The lowest BCUT2D eigenvalue weighted by Crippen LogP contribution is -2.34. The van der Waals surface area contributed by atoms with E-state index in [1.165, 1.54) is 24.8 Å². The summed E-state index contributed by atoms with van der Waals surface area (Å²) in [6.45, 7) is 12.7. The number of phenols is 1. The number of benzene rings is 2. The molecular formula is C30H46N2O4. The maximum Gasteiger partial charge on any atom is 0.407 e. The maximum atomic E-state index is 12.0. The standard InChI is InChI=1S/C30H46N2O4/c1-9-10-11-21(2)18-23-12-14-27(33)25(19-23)26-20-24(22(3)32(7)8)13-15-28(26)35-17-16-31-29(34)36-30(4,5)6/h12-15,19-22,33H,9-11,16-18H2,1-8H3,(H,31,34). The summed E-state index contributed by atoms with van der Waals surface area (Å²) < 4.78 is 11.4. The molecular weight excluding hydrogens is 452 g/mol. The quantitative estimate of drug-likeness (QED) is 0.310. The van der Waals surface area contributed by atoms with Gasteiger partial charge in [-0.05, 0) is 89.5 Å². The lowest BCUT2D eigenvalue weighted by molar-refractivity contribution is 0.0520. The number of rotatable bonds is 12. The second kappa shape index (κ2) is 13.5. The lowest BCUT2D eigenvalue weighted by Gasteiger charge is -2.23. The largest absolute Gasteiger partial charge is 0.507 e. The Kier molecular flexibility index (Phi) is 11.1. The van der Waals surface area contributed by atoms with E-state index in [0.717, 1.165) is 23.1 Å². The summed E-state index contributed by atoms with van der Waals surface area (Å²) >= 11 is 0. The first-order valence-electron chi connectivity index (χ1n) is 13.1. The van der Waals surface area contributed by atoms with Crippen LogP contribution in [0.4, 0.5) is 4.79 Å². The van der Waals surface area contributed by atoms with E-state index in [9.17, 15) is 9.90 Å². The summed E-state index contributed by atoms with van der Waals surface area (Å²) in [5.74, 6) is 1.48. The third-order valence-corrected chi connectivity index (χ3v) is 6.27. The second-order valence-corrected chi connectivity index (χ2v) is 11.0. The van der Waals surface area contributed by atoms with Crippen LogP contribution in [0.1, 0.15) is 78.0 Å². The van der Waals surface area contributed by atoms with Crippen molar-refractivity contribution in [2.75, 3.05) is 27.2 Å². The zero-order valence-electron chi connectivity index (χ0n) is 23.5. The SMILES string of the molecule is CCCCC(C)Cc1ccc(O)c(-c2cc(C(C)N(C)C)ccc2OCCNC(=O)OC(C)(C)C)c1. The molecule has 0 radical (unpaired) electrons. The van der Waals surface area contributed by atoms with E-state index in [0.29, 0.717) is 18.2 Å². The monoisotopic (exact) mass is 498 g/mol. The van der Waals surface area contributed by atoms with Gasteiger partial charge >= 0.3 is 6.09 Å². The minimum atomic E-state index is -0.548. The summed E-state index contributed by atoms with van der Waals surface area (Å²) in [7, 11) is 4.10. The first-order chi connectivity index (χ1) is 16.9. The molecule has 0 aliphatic rings. The molecule has 0 bridgehead atoms. The molecule has 0 aliphatic heterocycles. The van der Waals surface area contributed by atoms with E-state index in [-0.39, 0.29) is 18.4 Å². The number of carbonyl (C=O) groups is 1. The molecule has 2 rings (SSSR count). The van der Waals surface area contributed by atoms with Crippen LogP contribution in [0.25, 0.3) is 11.1 Å². The van der Waals surface area contributed by atoms with Gasteiger partial charge in [0, 0.05) is 17.2 Å². The van der Waals surface area contributed by atoms with Crippen LogP contribution in [0.5, 0.6) is 11.5 Å². The molecule has 1 amide bonds. The number of hydrogen-bond donors (Lipinski definition) is 2. The van der Waals surface area contributed by atoms with Gasteiger partial charge in [0.25, 0.3) is 0 Å². The number of ether oxygens (including phenoxy) is 2. The molecule has 6 nitrogen and oxygen atoms in total. The van der Waals surface area contributed by atoms with Crippen LogP contribution < -0.4 is 10.1 Å². The average Bonchev–Trinajstić information content (AvgIpc) is 2.80. The summed E-state index contributed by atoms with van der Waals surface area (Å²) in [5.41, 5.74) is 3.40. The molecule has 0 aliphatic carbocycles. The van der Waals surface area contributed by atoms with Gasteiger partial charge < -0.3 is 24.8 Å². The Labute approximate surface area is 218 Å². The van der Waals surface area contributed by atoms with Gasteiger partial charge in [-0.2, -0.15) is 0 Å². The van der Waals surface area contributed by atoms with Crippen LogP contribution in [0.15, 0.2) is 36.4 Å². The number of aromatic hydroxyl groups is 1. The Morgan fingerprint density at radius 1 is 1.08 bits per heavy atom. The van der Waals surface area contributed by atoms with Crippen molar-refractivity contribution >= 4 is 6.09 Å². The van der Waals surface area contributed by atoms with Crippen LogP contribution in [0.2, 0.25) is 0 Å². The average molecular weight is 499 g/mol. The minimum absolute atomic E-state index is 0.200. The minimum Gasteiger partial charge on any atom is -0.507 e. The molecule has 2 aromatic carbocycles. The van der Waals surface area contributed by atoms with Crippen LogP contribution >= 0.6 is 0 Å². The van der Waals surface area contributed by atoms with Crippen LogP contribution in [0.3, 0.4) is 0 Å². The molecule has 2 unspecified atom stereocenters. The Morgan fingerprint density at radius 3 is 2.44 bits per heavy atom. The fourth-order valence-corrected chi connectivity index (χ4v) is 4.05. The zero-order chi connectivity index (χ0) is 26.9. The molecule has 0 saturated carbocycles. The molecule has 0 aromatic heterocycles. The third-order valence-electron chi connectivity index (χ3n) is 6.27. The Bertz CT molecular complexity index is 981. The summed E-state index contributed by atoms with van der Waals surface area (Å²) in [5, 5.41) is 13.6. The van der Waals surface area contributed by atoms with E-state index in [1.807, 2.05) is 47.0 Å². The molecule has 200 valence electrons. The number of carbonyl (C=O) groups excluding carboxylic acids is 1. The highest BCUT2D eigenvalue weighted by Gasteiger charge is 2.18. The van der Waals surface area contributed by atoms with E-state index in [1.54, 1.807) is 6.07 Å². The number of hydrogen-bond acceptors (Lipinski definition) is 5. The van der Waals surface area contributed by atoms with E-state index >= 15 is 0 Å². The fraction of sp³-hybridized carbons (Fsp3) is 0.567. The zero-order valence-corrected chi connectivity index (χ0v) is 23.5. The molecule has 0 heterocycles. The molecule has 0 fully saturated rings. The van der Waals surface area contributed by atoms with Crippen molar-refractivity contribution in [2.24, 2.45) is 5.92 Å². The van der Waals surface area contributed by atoms with Gasteiger partial charge in [-0.1, -0.05) is 45.2 Å². The van der Waals surface area contributed by atoms with Crippen LogP contribution in [0, 0.1) is 5.92 Å². The molecule has 0 saturated heterocycles. The first-order valence-corrected chi connectivity index (χ1v) is 13.1. The smallest absolute Gasteiger partial charge is 0.407 e. The number of amides is 1. The van der Waals surface area contributed by atoms with E-state index in [2.05, 4.69) is 49.2 Å². The highest BCUT2D eigenvalue weighted by atomic mass is 16.6. The van der Waals surface area contributed by atoms with Crippen molar-refractivity contribution in [1.29, 1.82) is 0 Å². The van der Waals surface area contributed by atoms with Gasteiger partial charge in [-0.3, -0.25) is 0 Å². The second-order valence-electron chi connectivity index (χ2n) is 11.0. The number of unbranched alkanes of at least 4 members (excludes halogenated alkanes) is 1. The van der Waals surface area contributed by atoms with Crippen LogP contribution in [-0.2, 0) is 11.2 Å². The summed E-state index contributed by atoms with van der Waals surface area (Å²) in [6.07, 6.45) is 4.12. The topological polar surface area (TPSA) is 71.0 Å². The highest BCUT2D eigenvalue weighted by Crippen LogP contribution is 2.39. The number of nitrogens with one attached hydrogen (secondary N) is 1.